The molecule has 0 radical (unpaired) electrons. The van der Waals surface area contributed by atoms with Crippen LogP contribution in [0.2, 0.25) is 0 Å². The molecule has 0 spiro atoms. The van der Waals surface area contributed by atoms with Crippen LogP contribution in [0.25, 0.3) is 11.3 Å². The molecule has 8 heteroatoms. The Morgan fingerprint density at radius 2 is 1.93 bits per heavy atom. The fourth-order valence-electron chi connectivity index (χ4n) is 3.66. The van der Waals surface area contributed by atoms with Crippen molar-refractivity contribution in [3.8, 4) is 11.3 Å². The van der Waals surface area contributed by atoms with Gasteiger partial charge in [0.25, 0.3) is 5.91 Å². The van der Waals surface area contributed by atoms with Gasteiger partial charge in [-0.05, 0) is 18.9 Å². The molecule has 1 amide bonds. The molecule has 144 valence electrons. The number of carboxylic acid groups (broad SMARTS) is 1. The first-order valence-electron chi connectivity index (χ1n) is 9.26. The van der Waals surface area contributed by atoms with Gasteiger partial charge in [-0.15, -0.1) is 0 Å². The minimum Gasteiger partial charge on any atom is -0.481 e. The highest BCUT2D eigenvalue weighted by molar-refractivity contribution is 5.98. The summed E-state index contributed by atoms with van der Waals surface area (Å²) in [6.07, 6.45) is 3.07. The van der Waals surface area contributed by atoms with E-state index in [1.165, 1.54) is 0 Å². The second kappa shape index (κ2) is 7.67. The lowest BCUT2D eigenvalue weighted by molar-refractivity contribution is -0.136. The summed E-state index contributed by atoms with van der Waals surface area (Å²) in [5, 5.41) is 15.9. The standard InChI is InChI=1S/C20H21N5O3/c26-17(27)11-15-10-16(24-23-15)13-6-8-25(9-7-13)20(28)19-18(21-12-22-19)14-4-2-1-3-5-14/h1-5,10,12-13H,6-9,11H2,(H,21,22)(H,23,24)(H,26,27). The van der Waals surface area contributed by atoms with Gasteiger partial charge in [0.05, 0.1) is 18.4 Å². The number of carbonyl (C=O) groups excluding carboxylic acids is 1. The molecule has 0 atom stereocenters. The van der Waals surface area contributed by atoms with Crippen LogP contribution in [0.1, 0.15) is 40.6 Å². The largest absolute Gasteiger partial charge is 0.481 e. The summed E-state index contributed by atoms with van der Waals surface area (Å²) in [6.45, 7) is 1.26. The molecule has 2 aromatic heterocycles. The lowest BCUT2D eigenvalue weighted by Gasteiger charge is -2.31. The van der Waals surface area contributed by atoms with Gasteiger partial charge in [-0.3, -0.25) is 14.7 Å². The van der Waals surface area contributed by atoms with E-state index in [1.54, 1.807) is 6.33 Å². The maximum Gasteiger partial charge on any atom is 0.309 e. The van der Waals surface area contributed by atoms with Crippen molar-refractivity contribution in [3.05, 3.63) is 59.8 Å². The molecule has 0 bridgehead atoms. The van der Waals surface area contributed by atoms with Gasteiger partial charge in [-0.25, -0.2) is 4.98 Å². The molecule has 3 N–H and O–H groups in total. The zero-order valence-electron chi connectivity index (χ0n) is 15.3. The number of carbonyl (C=O) groups is 2. The van der Waals surface area contributed by atoms with Gasteiger partial charge >= 0.3 is 5.97 Å². The Bertz CT molecular complexity index is 971. The van der Waals surface area contributed by atoms with E-state index in [4.69, 9.17) is 5.11 Å². The lowest BCUT2D eigenvalue weighted by Crippen LogP contribution is -2.38. The minimum atomic E-state index is -0.896. The molecule has 1 saturated heterocycles. The molecule has 0 unspecified atom stereocenters. The summed E-state index contributed by atoms with van der Waals surface area (Å²) in [4.78, 5) is 33.0. The predicted molar refractivity (Wildman–Crippen MR) is 102 cm³/mol. The average molecular weight is 379 g/mol. The number of piperidine rings is 1. The van der Waals surface area contributed by atoms with Crippen LogP contribution in [0.4, 0.5) is 0 Å². The van der Waals surface area contributed by atoms with E-state index < -0.39 is 5.97 Å². The first-order valence-corrected chi connectivity index (χ1v) is 9.26. The number of nitrogens with zero attached hydrogens (tertiary/aromatic N) is 3. The van der Waals surface area contributed by atoms with Crippen LogP contribution in [0.15, 0.2) is 42.7 Å². The Hall–Kier alpha value is -3.42. The number of hydrogen-bond acceptors (Lipinski definition) is 4. The van der Waals surface area contributed by atoms with E-state index in [0.29, 0.717) is 30.2 Å². The SMILES string of the molecule is O=C(O)Cc1cc(C2CCN(C(=O)c3[nH]cnc3-c3ccccc3)CC2)[nH]n1. The van der Waals surface area contributed by atoms with Crippen molar-refractivity contribution in [3.63, 3.8) is 0 Å². The number of H-pyrrole nitrogens is 2. The van der Waals surface area contributed by atoms with E-state index in [1.807, 2.05) is 41.3 Å². The molecule has 4 rings (SSSR count). The van der Waals surface area contributed by atoms with Gasteiger partial charge in [0.1, 0.15) is 11.4 Å². The summed E-state index contributed by atoms with van der Waals surface area (Å²) >= 11 is 0. The monoisotopic (exact) mass is 379 g/mol. The number of rotatable bonds is 5. The summed E-state index contributed by atoms with van der Waals surface area (Å²) in [6, 6.07) is 11.5. The second-order valence-electron chi connectivity index (χ2n) is 6.94. The molecule has 8 nitrogen and oxygen atoms in total. The van der Waals surface area contributed by atoms with Gasteiger partial charge in [0, 0.05) is 30.3 Å². The molecule has 3 heterocycles. The van der Waals surface area contributed by atoms with Gasteiger partial charge < -0.3 is 15.0 Å². The Labute approximate surface area is 161 Å². The molecule has 1 aromatic carbocycles. The molecule has 1 aliphatic rings. The van der Waals surface area contributed by atoms with Crippen molar-refractivity contribution in [1.29, 1.82) is 0 Å². The van der Waals surface area contributed by atoms with Crippen molar-refractivity contribution < 1.29 is 14.7 Å². The molecular formula is C20H21N5O3. The van der Waals surface area contributed by atoms with Crippen molar-refractivity contribution in [2.75, 3.05) is 13.1 Å². The van der Waals surface area contributed by atoms with Crippen LogP contribution in [-0.4, -0.2) is 55.1 Å². The number of aliphatic carboxylic acids is 1. The van der Waals surface area contributed by atoms with Gasteiger partial charge in [0.15, 0.2) is 0 Å². The number of aromatic amines is 2. The molecule has 1 aliphatic heterocycles. The molecule has 0 saturated carbocycles. The van der Waals surface area contributed by atoms with Crippen LogP contribution in [-0.2, 0) is 11.2 Å². The summed E-state index contributed by atoms with van der Waals surface area (Å²) in [5.41, 5.74) is 3.56. The van der Waals surface area contributed by atoms with Crippen molar-refractivity contribution in [2.24, 2.45) is 0 Å². The predicted octanol–water partition coefficient (Wildman–Crippen LogP) is 2.45. The molecule has 1 fully saturated rings. The summed E-state index contributed by atoms with van der Waals surface area (Å²) < 4.78 is 0. The van der Waals surface area contributed by atoms with Gasteiger partial charge in [0.2, 0.25) is 0 Å². The van der Waals surface area contributed by atoms with Gasteiger partial charge in [-0.2, -0.15) is 5.10 Å². The highest BCUT2D eigenvalue weighted by Gasteiger charge is 2.28. The van der Waals surface area contributed by atoms with E-state index >= 15 is 0 Å². The fraction of sp³-hybridized carbons (Fsp3) is 0.300. The van der Waals surface area contributed by atoms with Gasteiger partial charge in [-0.1, -0.05) is 30.3 Å². The number of likely N-dealkylation sites (tertiary alicyclic amines) is 1. The number of amides is 1. The number of benzene rings is 1. The Morgan fingerprint density at radius 3 is 2.64 bits per heavy atom. The Morgan fingerprint density at radius 1 is 1.18 bits per heavy atom. The molecule has 28 heavy (non-hydrogen) atoms. The zero-order chi connectivity index (χ0) is 19.5. The zero-order valence-corrected chi connectivity index (χ0v) is 15.3. The maximum absolute atomic E-state index is 13.0. The van der Waals surface area contributed by atoms with Crippen LogP contribution in [0.5, 0.6) is 0 Å². The first-order chi connectivity index (χ1) is 13.6. The van der Waals surface area contributed by atoms with E-state index in [9.17, 15) is 9.59 Å². The van der Waals surface area contributed by atoms with E-state index in [-0.39, 0.29) is 18.2 Å². The second-order valence-corrected chi connectivity index (χ2v) is 6.94. The third-order valence-electron chi connectivity index (χ3n) is 5.11. The van der Waals surface area contributed by atoms with Crippen LogP contribution >= 0.6 is 0 Å². The first kappa shape index (κ1) is 18.0. The Kier molecular flexibility index (Phi) is 4.92. The molecule has 3 aromatic rings. The number of hydrogen-bond donors (Lipinski definition) is 3. The highest BCUT2D eigenvalue weighted by atomic mass is 16.4. The van der Waals surface area contributed by atoms with Crippen LogP contribution in [0.3, 0.4) is 0 Å². The van der Waals surface area contributed by atoms with Crippen molar-refractivity contribution in [2.45, 2.75) is 25.2 Å². The number of aromatic nitrogens is 4. The molecule has 0 aliphatic carbocycles. The lowest BCUT2D eigenvalue weighted by atomic mass is 9.93. The smallest absolute Gasteiger partial charge is 0.309 e. The number of imidazole rings is 1. The maximum atomic E-state index is 13.0. The quantitative estimate of drug-likeness (QED) is 0.630. The number of carboxylic acids is 1. The van der Waals surface area contributed by atoms with Crippen LogP contribution < -0.4 is 0 Å². The van der Waals surface area contributed by atoms with Crippen molar-refractivity contribution in [1.82, 2.24) is 25.1 Å². The third-order valence-corrected chi connectivity index (χ3v) is 5.11. The third kappa shape index (κ3) is 3.66. The minimum absolute atomic E-state index is 0.0500. The topological polar surface area (TPSA) is 115 Å². The van der Waals surface area contributed by atoms with Crippen LogP contribution in [0, 0.1) is 0 Å². The fourth-order valence-corrected chi connectivity index (χ4v) is 3.66. The van der Waals surface area contributed by atoms with Crippen molar-refractivity contribution >= 4 is 11.9 Å². The highest BCUT2D eigenvalue weighted by Crippen LogP contribution is 2.29. The van der Waals surface area contributed by atoms with E-state index in [0.717, 1.165) is 24.1 Å². The summed E-state index contributed by atoms with van der Waals surface area (Å²) in [7, 11) is 0. The Balaban J connectivity index is 1.42. The average Bonchev–Trinajstić information content (AvgIpc) is 3.37. The molecular weight excluding hydrogens is 358 g/mol. The number of nitrogens with one attached hydrogen (secondary N) is 2. The normalized spacial score (nSPS) is 14.9. The van der Waals surface area contributed by atoms with E-state index in [2.05, 4.69) is 20.2 Å². The summed E-state index contributed by atoms with van der Waals surface area (Å²) in [5.74, 6) is -0.701.